The minimum Gasteiger partial charge on any atom is -0.488 e. The van der Waals surface area contributed by atoms with Crippen LogP contribution in [0.1, 0.15) is 138 Å². The summed E-state index contributed by atoms with van der Waals surface area (Å²) in [6.45, 7) is 11.7. The zero-order chi connectivity index (χ0) is 53.3. The van der Waals surface area contributed by atoms with E-state index in [0.717, 1.165) is 157 Å². The molecule has 2 aromatic heterocycles. The lowest BCUT2D eigenvalue weighted by atomic mass is 9.87. The Hall–Kier alpha value is -7.50. The summed E-state index contributed by atoms with van der Waals surface area (Å²) >= 11 is 0. The molecule has 4 aliphatic rings. The molecule has 0 unspecified atom stereocenters. The number of benzene rings is 4. The van der Waals surface area contributed by atoms with Gasteiger partial charge in [-0.3, -0.25) is 19.3 Å². The Bertz CT molecular complexity index is 2800. The van der Waals surface area contributed by atoms with Gasteiger partial charge in [0.1, 0.15) is 54.7 Å². The number of rotatable bonds is 18. The van der Waals surface area contributed by atoms with Gasteiger partial charge in [-0.25, -0.2) is 9.97 Å². The molecule has 4 heterocycles. The summed E-state index contributed by atoms with van der Waals surface area (Å²) in [5.41, 5.74) is 9.67. The second-order valence-electron chi connectivity index (χ2n) is 19.4. The molecule has 0 saturated heterocycles. The van der Waals surface area contributed by atoms with Crippen molar-refractivity contribution in [1.82, 2.24) is 40.4 Å². The van der Waals surface area contributed by atoms with E-state index in [1.165, 1.54) is 0 Å². The summed E-state index contributed by atoms with van der Waals surface area (Å²) in [7, 11) is 2.11. The van der Waals surface area contributed by atoms with Crippen molar-refractivity contribution in [2.45, 2.75) is 130 Å². The molecule has 6 aromatic rings. The molecule has 2 saturated carbocycles. The second-order valence-corrected chi connectivity index (χ2v) is 19.4. The van der Waals surface area contributed by atoms with E-state index in [0.29, 0.717) is 32.1 Å². The molecule has 2 fully saturated rings. The first-order chi connectivity index (χ1) is 36.7. The first-order valence-electron chi connectivity index (χ1n) is 26.8. The van der Waals surface area contributed by atoms with Crippen LogP contribution in [0.2, 0.25) is 0 Å². The number of H-pyrrole nitrogens is 2. The van der Waals surface area contributed by atoms with Crippen LogP contribution in [0.5, 0.6) is 11.5 Å². The second kappa shape index (κ2) is 27.2. The van der Waals surface area contributed by atoms with E-state index in [1.807, 2.05) is 86.9 Å². The van der Waals surface area contributed by atoms with E-state index >= 15 is 0 Å². The lowest BCUT2D eigenvalue weighted by molar-refractivity contribution is -0.138. The number of carbonyl (C=O) groups excluding carboxylic acids is 4. The maximum absolute atomic E-state index is 14.2. The van der Waals surface area contributed by atoms with Crippen LogP contribution in [-0.4, -0.2) is 73.9 Å². The Kier molecular flexibility index (Phi) is 20.0. The number of aromatic amines is 2. The number of hydrogen-bond donors (Lipinski definition) is 4. The SMILES string of the molecule is C#C.CC.CCCN(C)Cc1ncc(-c2cc3c4c(c2)OCc2cc(-c5cnc(CN(CCC)C(=O)[C@H](NC(=O)C6CCCC6)c6ccccc6)[nH]5)cc(c2-4)OC3)[nH]1.O=C[C@H](NC(=O)C1CCCC1)c1ccccc1. The predicted octanol–water partition coefficient (Wildman–Crippen LogP) is 11.1. The van der Waals surface area contributed by atoms with Gasteiger partial charge in [0.25, 0.3) is 0 Å². The van der Waals surface area contributed by atoms with E-state index in [2.05, 4.69) is 88.5 Å². The highest BCUT2D eigenvalue weighted by molar-refractivity contribution is 5.90. The minimum atomic E-state index is -0.760. The van der Waals surface area contributed by atoms with Crippen LogP contribution in [0.4, 0.5) is 0 Å². The van der Waals surface area contributed by atoms with Gasteiger partial charge in [0.15, 0.2) is 0 Å². The topological polar surface area (TPSA) is 175 Å². The van der Waals surface area contributed by atoms with Crippen LogP contribution in [0.3, 0.4) is 0 Å². The minimum absolute atomic E-state index is 0.0171. The highest BCUT2D eigenvalue weighted by atomic mass is 16.5. The molecule has 2 atom stereocenters. The van der Waals surface area contributed by atoms with Crippen molar-refractivity contribution in [3.8, 4) is 58.0 Å². The fourth-order valence-corrected chi connectivity index (χ4v) is 10.5. The van der Waals surface area contributed by atoms with Gasteiger partial charge in [0, 0.05) is 51.8 Å². The third-order valence-corrected chi connectivity index (χ3v) is 14.1. The normalized spacial score (nSPS) is 14.9. The number of imidazole rings is 2. The molecule has 75 heavy (non-hydrogen) atoms. The summed E-state index contributed by atoms with van der Waals surface area (Å²) in [6.07, 6.45) is 22.4. The van der Waals surface area contributed by atoms with Gasteiger partial charge >= 0.3 is 0 Å². The number of aromatic nitrogens is 4. The van der Waals surface area contributed by atoms with E-state index in [9.17, 15) is 19.2 Å². The number of carbonyl (C=O) groups is 4. The largest absolute Gasteiger partial charge is 0.488 e. The van der Waals surface area contributed by atoms with Crippen LogP contribution >= 0.6 is 0 Å². The fourth-order valence-electron chi connectivity index (χ4n) is 10.5. The van der Waals surface area contributed by atoms with Gasteiger partial charge in [0.05, 0.1) is 36.9 Å². The molecular formula is C61H74N8O6. The molecule has 4 aromatic carbocycles. The third-order valence-electron chi connectivity index (χ3n) is 14.1. The summed E-state index contributed by atoms with van der Waals surface area (Å²) in [5, 5.41) is 5.93. The van der Waals surface area contributed by atoms with Gasteiger partial charge in [-0.05, 0) is 87.5 Å². The van der Waals surface area contributed by atoms with Gasteiger partial charge in [-0.1, -0.05) is 114 Å². The number of terminal acetylenes is 1. The molecule has 394 valence electrons. The Balaban J connectivity index is 0.000000328. The van der Waals surface area contributed by atoms with Crippen LogP contribution < -0.4 is 20.1 Å². The molecule has 0 spiro atoms. The van der Waals surface area contributed by atoms with Crippen molar-refractivity contribution in [3.63, 3.8) is 0 Å². The zero-order valence-electron chi connectivity index (χ0n) is 44.3. The Labute approximate surface area is 442 Å². The summed E-state index contributed by atoms with van der Waals surface area (Å²) in [4.78, 5) is 70.8. The van der Waals surface area contributed by atoms with E-state index in [1.54, 1.807) is 4.90 Å². The van der Waals surface area contributed by atoms with Crippen LogP contribution in [-0.2, 0) is 45.5 Å². The average molecular weight is 1020 g/mol. The van der Waals surface area contributed by atoms with Crippen LogP contribution in [0.25, 0.3) is 33.6 Å². The summed E-state index contributed by atoms with van der Waals surface area (Å²) in [6, 6.07) is 26.1. The third kappa shape index (κ3) is 13.6. The molecular weight excluding hydrogens is 941 g/mol. The summed E-state index contributed by atoms with van der Waals surface area (Å²) in [5.74, 6) is 3.18. The molecule has 0 bridgehead atoms. The van der Waals surface area contributed by atoms with Gasteiger partial charge in [0.2, 0.25) is 17.7 Å². The number of aldehydes is 1. The Morgan fingerprint density at radius 2 is 1.15 bits per heavy atom. The lowest BCUT2D eigenvalue weighted by Gasteiger charge is -2.30. The van der Waals surface area contributed by atoms with Gasteiger partial charge in [-0.2, -0.15) is 0 Å². The smallest absolute Gasteiger partial charge is 0.250 e. The van der Waals surface area contributed by atoms with Crippen LogP contribution in [0.15, 0.2) is 97.3 Å². The molecule has 14 heteroatoms. The lowest BCUT2D eigenvalue weighted by Crippen LogP contribution is -2.44. The van der Waals surface area contributed by atoms with Crippen molar-refractivity contribution < 1.29 is 28.7 Å². The molecule has 10 rings (SSSR count). The number of ether oxygens (including phenoxy) is 2. The monoisotopic (exact) mass is 1010 g/mol. The molecule has 2 aliphatic carbocycles. The first-order valence-corrected chi connectivity index (χ1v) is 26.8. The van der Waals surface area contributed by atoms with E-state index in [4.69, 9.17) is 14.5 Å². The van der Waals surface area contributed by atoms with Crippen molar-refractivity contribution in [2.75, 3.05) is 20.1 Å². The molecule has 14 nitrogen and oxygen atoms in total. The number of nitrogens with zero attached hydrogens (tertiary/aromatic N) is 4. The number of nitrogens with one attached hydrogen (secondary N) is 4. The first kappa shape index (κ1) is 55.3. The van der Waals surface area contributed by atoms with E-state index < -0.39 is 12.1 Å². The summed E-state index contributed by atoms with van der Waals surface area (Å²) < 4.78 is 12.8. The van der Waals surface area contributed by atoms with Crippen molar-refractivity contribution >= 4 is 24.0 Å². The molecule has 4 N–H and O–H groups in total. The number of hydrogen-bond acceptors (Lipinski definition) is 9. The molecule has 3 amide bonds. The zero-order valence-corrected chi connectivity index (χ0v) is 44.3. The Morgan fingerprint density at radius 1 is 0.680 bits per heavy atom. The predicted molar refractivity (Wildman–Crippen MR) is 294 cm³/mol. The average Bonchev–Trinajstić information content (AvgIpc) is 4.33. The van der Waals surface area contributed by atoms with Crippen LogP contribution in [0, 0.1) is 24.7 Å². The number of amides is 3. The highest BCUT2D eigenvalue weighted by Crippen LogP contribution is 2.50. The van der Waals surface area contributed by atoms with Crippen molar-refractivity contribution in [1.29, 1.82) is 0 Å². The van der Waals surface area contributed by atoms with Crippen molar-refractivity contribution in [3.05, 3.63) is 131 Å². The maximum Gasteiger partial charge on any atom is 0.250 e. The maximum atomic E-state index is 14.2. The molecule has 2 aliphatic heterocycles. The van der Waals surface area contributed by atoms with E-state index in [-0.39, 0.29) is 29.6 Å². The quantitative estimate of drug-likeness (QED) is 0.0482. The fraction of sp³-hybridized carbons (Fsp3) is 0.410. The van der Waals surface area contributed by atoms with Gasteiger partial charge in [-0.15, -0.1) is 12.8 Å². The highest BCUT2D eigenvalue weighted by Gasteiger charge is 2.33. The van der Waals surface area contributed by atoms with Gasteiger partial charge < -0.3 is 39.8 Å². The Morgan fingerprint density at radius 3 is 1.63 bits per heavy atom. The standard InChI is InChI=1S/C43H49N7O4.C14H17NO2.C2H6.C2H2/c1-4-15-49(3)23-37-44-21-33(46-37)29-17-31-25-54-36-20-30(18-32-26-53-35(19-29)39(31)40(32)36)34-22-45-38(47-34)24-50(16-5-2)43(52)41(27-11-7-6-8-12-27)48-42(51)28-13-9-10-14-28;16-10-13(11-6-2-1-3-7-11)15-14(17)12-8-4-5-9-12;2*1-2/h6-8,11-12,17-22,28,41H,4-5,9-10,13-16,23-26H2,1-3H3,(H,44,46)(H,45,47)(H,48,51);1-3,6-7,10,12-13H,4-5,8-9H2,(H,15,17);1-2H3;1-2H/t41-;13-;;/m10../s1. The molecule has 0 radical (unpaired) electrons. The van der Waals surface area contributed by atoms with Crippen molar-refractivity contribution in [2.24, 2.45) is 11.8 Å².